The standard InChI is InChI=1S/C17H17ClN4O4S/c1-25-12-4-3-10(18)7-11(12)21-17(24)26-13-9-27-14-8-20-16(22-15(13)14)19-5-2-6-23/h3-4,7-9,23H,2,5-6H2,1H3,(H,21,24)(H,19,20,22). The molecule has 0 atom stereocenters. The van der Waals surface area contributed by atoms with Crippen LogP contribution >= 0.6 is 22.9 Å². The number of hydrogen-bond acceptors (Lipinski definition) is 8. The number of hydrogen-bond donors (Lipinski definition) is 3. The van der Waals surface area contributed by atoms with E-state index in [1.807, 2.05) is 0 Å². The second kappa shape index (κ2) is 8.85. The molecule has 0 bridgehead atoms. The Bertz CT molecular complexity index is 950. The molecular weight excluding hydrogens is 392 g/mol. The minimum absolute atomic E-state index is 0.0786. The molecule has 1 aromatic carbocycles. The van der Waals surface area contributed by atoms with Crippen molar-refractivity contribution in [1.82, 2.24) is 9.97 Å². The van der Waals surface area contributed by atoms with Crippen LogP contribution in [-0.2, 0) is 0 Å². The summed E-state index contributed by atoms with van der Waals surface area (Å²) in [7, 11) is 1.49. The predicted molar refractivity (Wildman–Crippen MR) is 105 cm³/mol. The molecule has 3 aromatic rings. The Balaban J connectivity index is 1.75. The van der Waals surface area contributed by atoms with Crippen molar-refractivity contribution >= 4 is 50.9 Å². The Morgan fingerprint density at radius 2 is 2.22 bits per heavy atom. The maximum Gasteiger partial charge on any atom is 0.417 e. The van der Waals surface area contributed by atoms with Gasteiger partial charge in [0.1, 0.15) is 11.3 Å². The number of carbonyl (C=O) groups is 1. The molecule has 2 aromatic heterocycles. The lowest BCUT2D eigenvalue weighted by molar-refractivity contribution is 0.215. The number of aliphatic hydroxyl groups excluding tert-OH is 1. The smallest absolute Gasteiger partial charge is 0.417 e. The van der Waals surface area contributed by atoms with E-state index < -0.39 is 6.09 Å². The average molecular weight is 409 g/mol. The average Bonchev–Trinajstić information content (AvgIpc) is 3.04. The fourth-order valence-electron chi connectivity index (χ4n) is 2.26. The van der Waals surface area contributed by atoms with Gasteiger partial charge in [0.05, 0.1) is 23.7 Å². The van der Waals surface area contributed by atoms with Gasteiger partial charge in [-0.3, -0.25) is 5.32 Å². The number of amides is 1. The molecule has 142 valence electrons. The van der Waals surface area contributed by atoms with Gasteiger partial charge in [-0.15, -0.1) is 11.3 Å². The van der Waals surface area contributed by atoms with E-state index in [-0.39, 0.29) is 6.61 Å². The van der Waals surface area contributed by atoms with Crippen LogP contribution in [0.15, 0.2) is 29.8 Å². The highest BCUT2D eigenvalue weighted by atomic mass is 35.5. The largest absolute Gasteiger partial charge is 0.495 e. The van der Waals surface area contributed by atoms with E-state index >= 15 is 0 Å². The molecule has 2 heterocycles. The first-order valence-corrected chi connectivity index (χ1v) is 9.28. The third kappa shape index (κ3) is 4.76. The van der Waals surface area contributed by atoms with Crippen LogP contribution in [0.4, 0.5) is 16.4 Å². The number of aromatic nitrogens is 2. The van der Waals surface area contributed by atoms with E-state index in [2.05, 4.69) is 20.6 Å². The zero-order valence-electron chi connectivity index (χ0n) is 14.4. The molecule has 0 unspecified atom stereocenters. The molecule has 0 saturated heterocycles. The molecule has 3 N–H and O–H groups in total. The molecule has 0 aliphatic carbocycles. The van der Waals surface area contributed by atoms with Gasteiger partial charge in [-0.2, -0.15) is 0 Å². The fourth-order valence-corrected chi connectivity index (χ4v) is 3.19. The van der Waals surface area contributed by atoms with E-state index in [1.54, 1.807) is 29.8 Å². The van der Waals surface area contributed by atoms with E-state index in [4.69, 9.17) is 26.2 Å². The molecule has 3 rings (SSSR count). The number of rotatable bonds is 7. The summed E-state index contributed by atoms with van der Waals surface area (Å²) >= 11 is 7.33. The Morgan fingerprint density at radius 1 is 1.37 bits per heavy atom. The zero-order chi connectivity index (χ0) is 19.2. The van der Waals surface area contributed by atoms with Crippen LogP contribution in [0, 0.1) is 0 Å². The lowest BCUT2D eigenvalue weighted by Crippen LogP contribution is -2.17. The summed E-state index contributed by atoms with van der Waals surface area (Å²) in [5, 5.41) is 16.6. The lowest BCUT2D eigenvalue weighted by atomic mass is 10.3. The van der Waals surface area contributed by atoms with Gasteiger partial charge in [0.15, 0.2) is 5.75 Å². The topological polar surface area (TPSA) is 106 Å². The van der Waals surface area contributed by atoms with Crippen LogP contribution in [0.2, 0.25) is 5.02 Å². The quantitative estimate of drug-likeness (QED) is 0.511. The number of aliphatic hydroxyl groups is 1. The monoisotopic (exact) mass is 408 g/mol. The molecular formula is C17H17ClN4O4S. The van der Waals surface area contributed by atoms with Crippen molar-refractivity contribution in [3.8, 4) is 11.5 Å². The van der Waals surface area contributed by atoms with E-state index in [0.29, 0.717) is 46.6 Å². The van der Waals surface area contributed by atoms with Crippen LogP contribution in [-0.4, -0.2) is 41.4 Å². The highest BCUT2D eigenvalue weighted by molar-refractivity contribution is 7.17. The number of halogens is 1. The van der Waals surface area contributed by atoms with Gasteiger partial charge in [-0.1, -0.05) is 11.6 Å². The molecule has 0 aliphatic heterocycles. The second-order valence-corrected chi connectivity index (χ2v) is 6.72. The van der Waals surface area contributed by atoms with Gasteiger partial charge >= 0.3 is 6.09 Å². The highest BCUT2D eigenvalue weighted by Gasteiger charge is 2.15. The number of methoxy groups -OCH3 is 1. The summed E-state index contributed by atoms with van der Waals surface area (Å²) in [4.78, 5) is 20.8. The molecule has 27 heavy (non-hydrogen) atoms. The SMILES string of the molecule is COc1ccc(Cl)cc1NC(=O)Oc1csc2cnc(NCCCO)nc12. The van der Waals surface area contributed by atoms with Crippen molar-refractivity contribution in [2.24, 2.45) is 0 Å². The van der Waals surface area contributed by atoms with E-state index in [9.17, 15) is 4.79 Å². The predicted octanol–water partition coefficient (Wildman–Crippen LogP) is 3.76. The number of nitrogens with one attached hydrogen (secondary N) is 2. The number of nitrogens with zero attached hydrogens (tertiary/aromatic N) is 2. The van der Waals surface area contributed by atoms with Gasteiger partial charge < -0.3 is 19.9 Å². The zero-order valence-corrected chi connectivity index (χ0v) is 15.9. The third-order valence-corrected chi connectivity index (χ3v) is 4.62. The van der Waals surface area contributed by atoms with Gasteiger partial charge in [0, 0.05) is 23.6 Å². The maximum atomic E-state index is 12.3. The molecule has 8 nitrogen and oxygen atoms in total. The molecule has 1 amide bonds. The molecule has 0 aliphatic rings. The van der Waals surface area contributed by atoms with Crippen LogP contribution in [0.3, 0.4) is 0 Å². The van der Waals surface area contributed by atoms with E-state index in [1.165, 1.54) is 18.4 Å². The van der Waals surface area contributed by atoms with Crippen molar-refractivity contribution in [3.05, 3.63) is 34.8 Å². The summed E-state index contributed by atoms with van der Waals surface area (Å²) in [6.45, 7) is 0.618. The maximum absolute atomic E-state index is 12.3. The number of fused-ring (bicyclic) bond motifs is 1. The normalized spacial score (nSPS) is 10.6. The van der Waals surface area contributed by atoms with Crippen molar-refractivity contribution in [3.63, 3.8) is 0 Å². The van der Waals surface area contributed by atoms with Crippen LogP contribution < -0.4 is 20.1 Å². The first-order valence-electron chi connectivity index (χ1n) is 8.02. The number of ether oxygens (including phenoxy) is 2. The van der Waals surface area contributed by atoms with Gasteiger partial charge in [0.2, 0.25) is 5.95 Å². The van der Waals surface area contributed by atoms with Crippen molar-refractivity contribution in [2.45, 2.75) is 6.42 Å². The molecule has 0 radical (unpaired) electrons. The Kier molecular flexibility index (Phi) is 6.28. The van der Waals surface area contributed by atoms with Crippen LogP contribution in [0.5, 0.6) is 11.5 Å². The van der Waals surface area contributed by atoms with Crippen molar-refractivity contribution in [2.75, 3.05) is 30.9 Å². The number of benzene rings is 1. The van der Waals surface area contributed by atoms with Crippen LogP contribution in [0.1, 0.15) is 6.42 Å². The molecule has 0 spiro atoms. The Morgan fingerprint density at radius 3 is 3.00 bits per heavy atom. The summed E-state index contributed by atoms with van der Waals surface area (Å²) in [6, 6.07) is 4.87. The first-order chi connectivity index (χ1) is 13.1. The summed E-state index contributed by atoms with van der Waals surface area (Å²) in [5.74, 6) is 1.18. The lowest BCUT2D eigenvalue weighted by Gasteiger charge is -2.10. The summed E-state index contributed by atoms with van der Waals surface area (Å²) < 4.78 is 11.4. The summed E-state index contributed by atoms with van der Waals surface area (Å²) in [6.07, 6.45) is 1.54. The van der Waals surface area contributed by atoms with Crippen molar-refractivity contribution < 1.29 is 19.4 Å². The van der Waals surface area contributed by atoms with Crippen molar-refractivity contribution in [1.29, 1.82) is 0 Å². The van der Waals surface area contributed by atoms with Gasteiger partial charge in [0.25, 0.3) is 0 Å². The number of carbonyl (C=O) groups excluding carboxylic acids is 1. The second-order valence-electron chi connectivity index (χ2n) is 5.37. The molecule has 0 saturated carbocycles. The van der Waals surface area contributed by atoms with Crippen LogP contribution in [0.25, 0.3) is 10.2 Å². The first kappa shape index (κ1) is 19.2. The minimum atomic E-state index is -0.691. The molecule has 10 heteroatoms. The summed E-state index contributed by atoms with van der Waals surface area (Å²) in [5.41, 5.74) is 0.922. The van der Waals surface area contributed by atoms with Gasteiger partial charge in [-0.05, 0) is 24.6 Å². The number of anilines is 2. The highest BCUT2D eigenvalue weighted by Crippen LogP contribution is 2.32. The minimum Gasteiger partial charge on any atom is -0.495 e. The molecule has 0 fully saturated rings. The number of thiophene rings is 1. The van der Waals surface area contributed by atoms with Gasteiger partial charge in [-0.25, -0.2) is 14.8 Å². The fraction of sp³-hybridized carbons (Fsp3) is 0.235. The van der Waals surface area contributed by atoms with E-state index in [0.717, 1.165) is 4.70 Å². The Labute approximate surface area is 164 Å². The Hall–Kier alpha value is -2.62. The third-order valence-electron chi connectivity index (χ3n) is 3.50.